The normalized spacial score (nSPS) is 19.6. The van der Waals surface area contributed by atoms with Crippen molar-refractivity contribution < 1.29 is 14.1 Å². The van der Waals surface area contributed by atoms with E-state index in [1.807, 2.05) is 0 Å². The van der Waals surface area contributed by atoms with E-state index < -0.39 is 11.2 Å². The Balaban J connectivity index is 1.56. The summed E-state index contributed by atoms with van der Waals surface area (Å²) in [5, 5.41) is 3.09. The summed E-state index contributed by atoms with van der Waals surface area (Å²) < 4.78 is 20.2. The molecule has 1 spiro atoms. The Labute approximate surface area is 232 Å². The van der Waals surface area contributed by atoms with Crippen molar-refractivity contribution in [1.29, 1.82) is 0 Å². The molecular weight excluding hydrogens is 492 g/mol. The lowest BCUT2D eigenvalue weighted by Crippen LogP contribution is -2.26. The first-order valence-electron chi connectivity index (χ1n) is 14.7. The fraction of sp³-hybridized carbons (Fsp3) is 0.656. The van der Waals surface area contributed by atoms with Gasteiger partial charge in [-0.05, 0) is 74.1 Å². The van der Waals surface area contributed by atoms with Gasteiger partial charge in [-0.1, -0.05) is 51.2 Å². The van der Waals surface area contributed by atoms with E-state index in [0.717, 1.165) is 48.7 Å². The van der Waals surface area contributed by atoms with E-state index in [1.54, 1.807) is 6.26 Å². The first-order chi connectivity index (χ1) is 18.1. The third kappa shape index (κ3) is 5.67. The second-order valence-corrected chi connectivity index (χ2v) is 14.6. The van der Waals surface area contributed by atoms with Crippen molar-refractivity contribution in [2.24, 2.45) is 5.92 Å². The van der Waals surface area contributed by atoms with E-state index in [1.165, 1.54) is 61.6 Å². The Morgan fingerprint density at radius 2 is 1.89 bits per heavy atom. The quantitative estimate of drug-likeness (QED) is 0.302. The number of benzene rings is 1. The van der Waals surface area contributed by atoms with Crippen molar-refractivity contribution >= 4 is 17.1 Å². The molecule has 2 heterocycles. The monoisotopic (exact) mass is 538 g/mol. The number of amides is 1. The van der Waals surface area contributed by atoms with Crippen LogP contribution in [0.25, 0.3) is 11.3 Å². The smallest absolute Gasteiger partial charge is 0.253 e. The van der Waals surface area contributed by atoms with Crippen LogP contribution < -0.4 is 10.1 Å². The van der Waals surface area contributed by atoms with E-state index >= 15 is 0 Å². The zero-order chi connectivity index (χ0) is 27.1. The molecule has 2 fully saturated rings. The Hall–Kier alpha value is -1.92. The molecule has 1 aromatic heterocycles. The molecule has 1 atom stereocenters. The number of nitrogens with zero attached hydrogens (tertiary/aromatic N) is 1. The van der Waals surface area contributed by atoms with Crippen molar-refractivity contribution in [2.45, 2.75) is 103 Å². The molecule has 38 heavy (non-hydrogen) atoms. The van der Waals surface area contributed by atoms with Crippen LogP contribution >= 0.6 is 0 Å². The van der Waals surface area contributed by atoms with E-state index in [4.69, 9.17) is 4.74 Å². The van der Waals surface area contributed by atoms with Gasteiger partial charge in [0.2, 0.25) is 0 Å². The van der Waals surface area contributed by atoms with Gasteiger partial charge >= 0.3 is 0 Å². The van der Waals surface area contributed by atoms with Crippen molar-refractivity contribution in [3.8, 4) is 17.0 Å². The highest BCUT2D eigenvalue weighted by molar-refractivity contribution is 7.90. The molecule has 0 radical (unpaired) electrons. The van der Waals surface area contributed by atoms with Crippen molar-refractivity contribution in [1.82, 2.24) is 9.88 Å². The summed E-state index contributed by atoms with van der Waals surface area (Å²) in [7, 11) is 0. The highest BCUT2D eigenvalue weighted by Crippen LogP contribution is 2.58. The molecule has 1 aromatic carbocycles. The molecule has 1 N–H and O–H groups in total. The number of nitrogens with one attached hydrogen (secondary N) is 1. The molecule has 2 aromatic rings. The summed E-state index contributed by atoms with van der Waals surface area (Å²) in [6.07, 6.45) is 12.5. The number of ether oxygens (including phenoxy) is 1. The average Bonchev–Trinajstić information content (AvgIpc) is 3.57. The standard InChI is InChI=1S/C32H46N2O3S/c1-22-25(30(35)33-15-9-17-38(5)36)20-28(34(22)21-23-10-7-6-8-11-23)24-18-26(31(2,3)4)29-27(19-24)32(12-13-32)14-16-37-29/h18-20,23H,6-17,21H2,1-5H3,(H,33,35). The lowest BCUT2D eigenvalue weighted by Gasteiger charge is -2.33. The van der Waals surface area contributed by atoms with Gasteiger partial charge in [-0.3, -0.25) is 4.79 Å². The summed E-state index contributed by atoms with van der Waals surface area (Å²) in [6.45, 7) is 11.3. The number of rotatable bonds is 8. The molecule has 1 unspecified atom stereocenters. The maximum absolute atomic E-state index is 13.4. The molecule has 2 saturated carbocycles. The summed E-state index contributed by atoms with van der Waals surface area (Å²) in [4.78, 5) is 13.4. The third-order valence-electron chi connectivity index (χ3n) is 9.12. The second kappa shape index (κ2) is 10.9. The molecule has 0 saturated heterocycles. The number of fused-ring (bicyclic) bond motifs is 2. The Kier molecular flexibility index (Phi) is 7.94. The van der Waals surface area contributed by atoms with Crippen LogP contribution in [0.5, 0.6) is 5.75 Å². The number of carbonyl (C=O) groups excluding carboxylic acids is 1. The van der Waals surface area contributed by atoms with Crippen molar-refractivity contribution in [3.63, 3.8) is 0 Å². The van der Waals surface area contributed by atoms with Crippen molar-refractivity contribution in [2.75, 3.05) is 25.2 Å². The van der Waals surface area contributed by atoms with Crippen LogP contribution in [0.1, 0.15) is 106 Å². The fourth-order valence-electron chi connectivity index (χ4n) is 6.59. The highest BCUT2D eigenvalue weighted by atomic mass is 32.2. The second-order valence-electron chi connectivity index (χ2n) is 13.1. The minimum atomic E-state index is -0.836. The van der Waals surface area contributed by atoms with Crippen LogP contribution in [0.15, 0.2) is 18.2 Å². The number of carbonyl (C=O) groups is 1. The summed E-state index contributed by atoms with van der Waals surface area (Å²) in [6, 6.07) is 6.86. The van der Waals surface area contributed by atoms with Crippen LogP contribution in [0, 0.1) is 12.8 Å². The fourth-order valence-corrected chi connectivity index (χ4v) is 7.14. The molecule has 5 rings (SSSR count). The zero-order valence-electron chi connectivity index (χ0n) is 24.1. The van der Waals surface area contributed by atoms with Gasteiger partial charge in [0, 0.05) is 47.4 Å². The van der Waals surface area contributed by atoms with E-state index in [-0.39, 0.29) is 16.7 Å². The molecule has 208 valence electrons. The van der Waals surface area contributed by atoms with Gasteiger partial charge in [0.1, 0.15) is 11.5 Å². The van der Waals surface area contributed by atoms with Crippen LogP contribution in [-0.2, 0) is 28.6 Å². The summed E-state index contributed by atoms with van der Waals surface area (Å²) in [5.74, 6) is 2.35. The van der Waals surface area contributed by atoms with Crippen LogP contribution in [0.2, 0.25) is 0 Å². The third-order valence-corrected chi connectivity index (χ3v) is 9.98. The maximum atomic E-state index is 13.4. The van der Waals surface area contributed by atoms with Gasteiger partial charge < -0.3 is 19.2 Å². The minimum Gasteiger partial charge on any atom is -0.617 e. The molecule has 0 bridgehead atoms. The molecule has 6 heteroatoms. The van der Waals surface area contributed by atoms with E-state index in [2.05, 4.69) is 55.8 Å². The predicted molar refractivity (Wildman–Crippen MR) is 157 cm³/mol. The van der Waals surface area contributed by atoms with Crippen LogP contribution in [0.3, 0.4) is 0 Å². The first-order valence-corrected chi connectivity index (χ1v) is 16.4. The van der Waals surface area contributed by atoms with Gasteiger partial charge in [-0.15, -0.1) is 0 Å². The van der Waals surface area contributed by atoms with Gasteiger partial charge in [0.15, 0.2) is 0 Å². The molecule has 1 amide bonds. The largest absolute Gasteiger partial charge is 0.617 e. The lowest BCUT2D eigenvalue weighted by atomic mass is 9.79. The summed E-state index contributed by atoms with van der Waals surface area (Å²) >= 11 is -0.836. The summed E-state index contributed by atoms with van der Waals surface area (Å²) in [5.41, 5.74) is 7.08. The van der Waals surface area contributed by atoms with E-state index in [0.29, 0.717) is 18.2 Å². The minimum absolute atomic E-state index is 0.0240. The van der Waals surface area contributed by atoms with Crippen LogP contribution in [-0.4, -0.2) is 40.2 Å². The van der Waals surface area contributed by atoms with E-state index in [9.17, 15) is 9.35 Å². The average molecular weight is 539 g/mol. The topological polar surface area (TPSA) is 66.3 Å². The first kappa shape index (κ1) is 27.6. The van der Waals surface area contributed by atoms with Gasteiger partial charge in [-0.25, -0.2) is 0 Å². The number of aromatic nitrogens is 1. The molecule has 2 aliphatic carbocycles. The number of hydrogen-bond donors (Lipinski definition) is 1. The maximum Gasteiger partial charge on any atom is 0.253 e. The molecule has 5 nitrogen and oxygen atoms in total. The van der Waals surface area contributed by atoms with Crippen LogP contribution in [0.4, 0.5) is 0 Å². The Morgan fingerprint density at radius 3 is 2.55 bits per heavy atom. The molecule has 1 aliphatic heterocycles. The zero-order valence-corrected chi connectivity index (χ0v) is 24.9. The SMILES string of the molecule is Cc1c(C(=O)NCCC[S+](C)[O-])cc(-c2cc(C(C)(C)C)c3c(c2)C2(CCO3)CC2)n1CC1CCCCC1. The lowest BCUT2D eigenvalue weighted by molar-refractivity contribution is 0.0953. The number of hydrogen-bond acceptors (Lipinski definition) is 3. The van der Waals surface area contributed by atoms with Gasteiger partial charge in [-0.2, -0.15) is 0 Å². The Bertz CT molecular complexity index is 1150. The van der Waals surface area contributed by atoms with Gasteiger partial charge in [0.05, 0.1) is 18.4 Å². The molecular formula is C32H46N2O3S. The van der Waals surface area contributed by atoms with Gasteiger partial charge in [0.25, 0.3) is 5.91 Å². The molecule has 3 aliphatic rings. The highest BCUT2D eigenvalue weighted by Gasteiger charge is 2.49. The Morgan fingerprint density at radius 1 is 1.16 bits per heavy atom. The predicted octanol–water partition coefficient (Wildman–Crippen LogP) is 6.65. The van der Waals surface area contributed by atoms with Crippen molar-refractivity contribution in [3.05, 3.63) is 40.6 Å².